The Morgan fingerprint density at radius 2 is 2.58 bits per heavy atom. The Bertz CT molecular complexity index is 356. The highest BCUT2D eigenvalue weighted by atomic mass is 32.1. The monoisotopic (exact) mass is 181 g/mol. The highest BCUT2D eigenvalue weighted by Crippen LogP contribution is 2.30. The van der Waals surface area contributed by atoms with Gasteiger partial charge in [-0.3, -0.25) is 5.41 Å². The lowest BCUT2D eigenvalue weighted by molar-refractivity contribution is 0.368. The molecule has 0 aliphatic carbocycles. The zero-order valence-corrected chi connectivity index (χ0v) is 7.02. The van der Waals surface area contributed by atoms with E-state index < -0.39 is 0 Å². The van der Waals surface area contributed by atoms with Crippen molar-refractivity contribution in [3.05, 3.63) is 16.8 Å². The molecule has 0 spiro atoms. The van der Waals surface area contributed by atoms with Gasteiger partial charge in [0.1, 0.15) is 12.3 Å². The fraction of sp³-hybridized carbons (Fsp3) is 0.143. The molecule has 2 rings (SSSR count). The van der Waals surface area contributed by atoms with Gasteiger partial charge in [0.15, 0.2) is 10.8 Å². The molecule has 62 valence electrons. The molecule has 1 aliphatic heterocycles. The van der Waals surface area contributed by atoms with Crippen LogP contribution < -0.4 is 10.5 Å². The Labute approximate surface area is 73.2 Å². The largest absolute Gasteiger partial charge is 0.478 e. The van der Waals surface area contributed by atoms with Crippen LogP contribution >= 0.6 is 11.3 Å². The van der Waals surface area contributed by atoms with E-state index >= 15 is 0 Å². The number of rotatable bonds is 1. The minimum absolute atomic E-state index is 0.00796. The third-order valence-electron chi connectivity index (χ3n) is 1.44. The number of ether oxygens (including phenoxy) is 1. The normalized spacial score (nSPS) is 13.7. The number of hydrogen-bond acceptors (Lipinski definition) is 4. The van der Waals surface area contributed by atoms with Gasteiger partial charge in [-0.2, -0.15) is 0 Å². The van der Waals surface area contributed by atoms with E-state index in [-0.39, 0.29) is 5.84 Å². The average Bonchev–Trinajstić information content (AvgIpc) is 2.46. The highest BCUT2D eigenvalue weighted by molar-refractivity contribution is 7.15. The molecular weight excluding hydrogens is 174 g/mol. The molecule has 0 atom stereocenters. The van der Waals surface area contributed by atoms with Crippen LogP contribution in [0.1, 0.15) is 10.7 Å². The van der Waals surface area contributed by atoms with E-state index in [1.807, 2.05) is 12.2 Å². The van der Waals surface area contributed by atoms with Crippen LogP contribution in [0.5, 0.6) is 5.06 Å². The van der Waals surface area contributed by atoms with Crippen LogP contribution in [0.4, 0.5) is 0 Å². The number of aromatic nitrogens is 1. The van der Waals surface area contributed by atoms with Crippen LogP contribution in [0, 0.1) is 5.41 Å². The minimum atomic E-state index is -0.00796. The van der Waals surface area contributed by atoms with Gasteiger partial charge < -0.3 is 10.5 Å². The van der Waals surface area contributed by atoms with E-state index in [9.17, 15) is 0 Å². The lowest BCUT2D eigenvalue weighted by atomic mass is 10.4. The predicted octanol–water partition coefficient (Wildman–Crippen LogP) is 0.833. The molecule has 0 fully saturated rings. The molecule has 0 bridgehead atoms. The van der Waals surface area contributed by atoms with E-state index in [1.165, 1.54) is 11.3 Å². The van der Waals surface area contributed by atoms with Gasteiger partial charge >= 0.3 is 0 Å². The lowest BCUT2D eigenvalue weighted by Crippen LogP contribution is -2.10. The molecule has 0 aromatic carbocycles. The van der Waals surface area contributed by atoms with Crippen molar-refractivity contribution in [1.82, 2.24) is 4.98 Å². The van der Waals surface area contributed by atoms with Gasteiger partial charge in [-0.25, -0.2) is 4.98 Å². The van der Waals surface area contributed by atoms with Crippen LogP contribution in [0.2, 0.25) is 0 Å². The summed E-state index contributed by atoms with van der Waals surface area (Å²) in [5.74, 6) is -0.00796. The summed E-state index contributed by atoms with van der Waals surface area (Å²) in [6.07, 6.45) is 3.76. The van der Waals surface area contributed by atoms with E-state index in [4.69, 9.17) is 15.9 Å². The number of nitrogens with two attached hydrogens (primary N) is 1. The van der Waals surface area contributed by atoms with Crippen molar-refractivity contribution >= 4 is 23.2 Å². The first-order valence-corrected chi connectivity index (χ1v) is 4.23. The zero-order valence-electron chi connectivity index (χ0n) is 6.20. The number of fused-ring (bicyclic) bond motifs is 1. The molecule has 12 heavy (non-hydrogen) atoms. The van der Waals surface area contributed by atoms with Crippen LogP contribution in [0.3, 0.4) is 0 Å². The Kier molecular flexibility index (Phi) is 1.58. The molecule has 4 nitrogen and oxygen atoms in total. The zero-order chi connectivity index (χ0) is 8.55. The van der Waals surface area contributed by atoms with E-state index in [1.54, 1.807) is 0 Å². The number of hydrogen-bond donors (Lipinski definition) is 2. The number of nitrogens with one attached hydrogen (secondary N) is 1. The van der Waals surface area contributed by atoms with Crippen molar-refractivity contribution < 1.29 is 4.74 Å². The molecule has 0 amide bonds. The second-order valence-corrected chi connectivity index (χ2v) is 3.28. The van der Waals surface area contributed by atoms with E-state index in [0.717, 1.165) is 10.8 Å². The summed E-state index contributed by atoms with van der Waals surface area (Å²) >= 11 is 1.31. The standard InChI is InChI=1S/C7H7N3OS/c8-5(9)6-10-4-2-1-3-11-7(4)12-6/h1-2H,3H2,(H3,8,9). The molecule has 3 N–H and O–H groups in total. The average molecular weight is 181 g/mol. The molecule has 5 heteroatoms. The molecule has 1 aromatic heterocycles. The van der Waals surface area contributed by atoms with Gasteiger partial charge in [0, 0.05) is 0 Å². The summed E-state index contributed by atoms with van der Waals surface area (Å²) in [5, 5.41) is 8.43. The molecule has 2 heterocycles. The maximum absolute atomic E-state index is 7.16. The van der Waals surface area contributed by atoms with Crippen LogP contribution in [0.15, 0.2) is 6.08 Å². The quantitative estimate of drug-likeness (QED) is 0.498. The Hall–Kier alpha value is -1.36. The third-order valence-corrected chi connectivity index (χ3v) is 2.45. The van der Waals surface area contributed by atoms with Crippen molar-refractivity contribution in [3.63, 3.8) is 0 Å². The van der Waals surface area contributed by atoms with Gasteiger partial charge in [-0.1, -0.05) is 11.3 Å². The highest BCUT2D eigenvalue weighted by Gasteiger charge is 2.13. The summed E-state index contributed by atoms with van der Waals surface area (Å²) in [6.45, 7) is 0.576. The topological polar surface area (TPSA) is 72.0 Å². The van der Waals surface area contributed by atoms with Gasteiger partial charge in [-0.05, 0) is 12.2 Å². The molecule has 1 aromatic rings. The summed E-state index contributed by atoms with van der Waals surface area (Å²) in [7, 11) is 0. The maximum atomic E-state index is 7.16. The van der Waals surface area contributed by atoms with Crippen LogP contribution in [-0.4, -0.2) is 17.4 Å². The summed E-state index contributed by atoms with van der Waals surface area (Å²) in [6, 6.07) is 0. The number of amidine groups is 1. The van der Waals surface area contributed by atoms with Crippen LogP contribution in [-0.2, 0) is 0 Å². The van der Waals surface area contributed by atoms with Crippen molar-refractivity contribution in [2.24, 2.45) is 5.73 Å². The van der Waals surface area contributed by atoms with Crippen molar-refractivity contribution in [2.45, 2.75) is 0 Å². The van der Waals surface area contributed by atoms with Gasteiger partial charge in [0.25, 0.3) is 0 Å². The maximum Gasteiger partial charge on any atom is 0.202 e. The first-order chi connectivity index (χ1) is 5.77. The minimum Gasteiger partial charge on any atom is -0.478 e. The lowest BCUT2D eigenvalue weighted by Gasteiger charge is -2.03. The molecule has 0 saturated heterocycles. The Morgan fingerprint density at radius 3 is 3.25 bits per heavy atom. The third kappa shape index (κ3) is 1.08. The van der Waals surface area contributed by atoms with Crippen LogP contribution in [0.25, 0.3) is 6.08 Å². The molecular formula is C7H7N3OS. The van der Waals surface area contributed by atoms with Gasteiger partial charge in [0.2, 0.25) is 5.06 Å². The van der Waals surface area contributed by atoms with Gasteiger partial charge in [-0.15, -0.1) is 0 Å². The number of thiazole rings is 1. The van der Waals surface area contributed by atoms with E-state index in [2.05, 4.69) is 4.98 Å². The van der Waals surface area contributed by atoms with Gasteiger partial charge in [0.05, 0.1) is 0 Å². The summed E-state index contributed by atoms with van der Waals surface area (Å²) in [4.78, 5) is 4.11. The smallest absolute Gasteiger partial charge is 0.202 e. The number of nitrogen functional groups attached to an aromatic ring is 1. The second-order valence-electron chi connectivity index (χ2n) is 2.32. The first kappa shape index (κ1) is 7.30. The summed E-state index contributed by atoms with van der Waals surface area (Å²) in [5.41, 5.74) is 6.05. The Morgan fingerprint density at radius 1 is 1.75 bits per heavy atom. The SMILES string of the molecule is N=C(N)c1nc2c(s1)OCC=C2. The molecule has 0 unspecified atom stereocenters. The number of nitrogens with zero attached hydrogens (tertiary/aromatic N) is 1. The second kappa shape index (κ2) is 2.60. The van der Waals surface area contributed by atoms with Crippen molar-refractivity contribution in [1.29, 1.82) is 5.41 Å². The fourth-order valence-electron chi connectivity index (χ4n) is 0.925. The molecule has 1 aliphatic rings. The van der Waals surface area contributed by atoms with Crippen molar-refractivity contribution in [3.8, 4) is 5.06 Å². The summed E-state index contributed by atoms with van der Waals surface area (Å²) < 4.78 is 5.27. The first-order valence-electron chi connectivity index (χ1n) is 3.42. The molecule has 0 saturated carbocycles. The van der Waals surface area contributed by atoms with Crippen molar-refractivity contribution in [2.75, 3.05) is 6.61 Å². The van der Waals surface area contributed by atoms with E-state index in [0.29, 0.717) is 11.6 Å². The molecule has 0 radical (unpaired) electrons. The Balaban J connectivity index is 2.46. The predicted molar refractivity (Wildman–Crippen MR) is 47.7 cm³/mol. The fourth-order valence-corrected chi connectivity index (χ4v) is 1.70.